The predicted molar refractivity (Wildman–Crippen MR) is 155 cm³/mol. The summed E-state index contributed by atoms with van der Waals surface area (Å²) in [5.74, 6) is 0.298. The van der Waals surface area contributed by atoms with Gasteiger partial charge in [0.05, 0.1) is 5.54 Å². The van der Waals surface area contributed by atoms with Gasteiger partial charge in [-0.25, -0.2) is 8.78 Å². The molecular weight excluding hydrogens is 524 g/mol. The van der Waals surface area contributed by atoms with Gasteiger partial charge in [-0.1, -0.05) is 30.3 Å². The first-order chi connectivity index (χ1) is 20.0. The van der Waals surface area contributed by atoms with Crippen molar-refractivity contribution in [2.24, 2.45) is 0 Å². The first kappa shape index (κ1) is 25.2. The van der Waals surface area contributed by atoms with Crippen LogP contribution < -0.4 is 15.0 Å². The van der Waals surface area contributed by atoms with Crippen molar-refractivity contribution in [2.75, 3.05) is 37.7 Å². The molecule has 3 unspecified atom stereocenters. The number of benzene rings is 3. The summed E-state index contributed by atoms with van der Waals surface area (Å²) in [7, 11) is 0. The molecule has 0 saturated carbocycles. The summed E-state index contributed by atoms with van der Waals surface area (Å²) in [4.78, 5) is 14.1. The van der Waals surface area contributed by atoms with Gasteiger partial charge in [-0.3, -0.25) is 4.90 Å². The minimum atomic E-state index is -0.861. The van der Waals surface area contributed by atoms with E-state index in [4.69, 9.17) is 9.72 Å². The highest BCUT2D eigenvalue weighted by Gasteiger charge is 2.49. The zero-order chi connectivity index (χ0) is 27.7. The molecule has 0 amide bonds. The number of phenols is 1. The Morgan fingerprint density at radius 2 is 1.85 bits per heavy atom. The van der Waals surface area contributed by atoms with Crippen LogP contribution in [0.5, 0.6) is 11.8 Å². The number of hydrogen-bond acceptors (Lipinski definition) is 7. The number of phenolic OH excluding ortho intramolecular Hbond substituents is 1. The predicted octanol–water partition coefficient (Wildman–Crippen LogP) is 5.19. The van der Waals surface area contributed by atoms with Crippen LogP contribution in [0.15, 0.2) is 48.5 Å². The number of anilines is 1. The second-order valence-corrected chi connectivity index (χ2v) is 12.2. The first-order valence-corrected chi connectivity index (χ1v) is 14.7. The highest BCUT2D eigenvalue weighted by atomic mass is 19.1. The van der Waals surface area contributed by atoms with E-state index in [9.17, 15) is 9.50 Å². The average molecular weight is 558 g/mol. The quantitative estimate of drug-likeness (QED) is 0.350. The molecular formula is C32H33F2N5O2. The second-order valence-electron chi connectivity index (χ2n) is 12.2. The number of hydrogen-bond donors (Lipinski definition) is 2. The molecule has 4 aromatic rings. The third-order valence-corrected chi connectivity index (χ3v) is 9.76. The Morgan fingerprint density at radius 3 is 2.71 bits per heavy atom. The minimum Gasteiger partial charge on any atom is -0.508 e. The van der Waals surface area contributed by atoms with E-state index in [1.807, 2.05) is 30.3 Å². The molecule has 5 heterocycles. The van der Waals surface area contributed by atoms with Gasteiger partial charge in [0.25, 0.3) is 0 Å². The van der Waals surface area contributed by atoms with E-state index >= 15 is 4.39 Å². The SMILES string of the molecule is Oc1cc(-c2ccc3c(N4C5CCC4CNC5)nc(OCC45CCCN4C[C@H](F)C5)nc3c2F)c2ccccc2c1. The molecule has 4 aliphatic rings. The van der Waals surface area contributed by atoms with Crippen molar-refractivity contribution >= 4 is 27.5 Å². The number of ether oxygens (including phenoxy) is 1. The molecule has 4 saturated heterocycles. The number of aromatic hydroxyl groups is 1. The van der Waals surface area contributed by atoms with E-state index in [2.05, 4.69) is 20.1 Å². The summed E-state index contributed by atoms with van der Waals surface area (Å²) in [6.45, 7) is 3.29. The van der Waals surface area contributed by atoms with Crippen molar-refractivity contribution in [1.82, 2.24) is 20.2 Å². The summed E-state index contributed by atoms with van der Waals surface area (Å²) in [6, 6.07) is 15.3. The zero-order valence-electron chi connectivity index (χ0n) is 22.8. The maximum absolute atomic E-state index is 16.6. The van der Waals surface area contributed by atoms with Crippen molar-refractivity contribution in [3.05, 3.63) is 54.3 Å². The van der Waals surface area contributed by atoms with Crippen LogP contribution in [0.1, 0.15) is 32.1 Å². The van der Waals surface area contributed by atoms with Crippen LogP contribution in [-0.2, 0) is 0 Å². The molecule has 0 aliphatic carbocycles. The molecule has 4 atom stereocenters. The zero-order valence-corrected chi connectivity index (χ0v) is 22.8. The minimum absolute atomic E-state index is 0.0751. The van der Waals surface area contributed by atoms with Crippen molar-refractivity contribution in [3.63, 3.8) is 0 Å². The van der Waals surface area contributed by atoms with Crippen LogP contribution in [-0.4, -0.2) is 76.6 Å². The number of aromatic nitrogens is 2. The van der Waals surface area contributed by atoms with Gasteiger partial charge >= 0.3 is 6.01 Å². The Hall–Kier alpha value is -3.56. The van der Waals surface area contributed by atoms with Crippen LogP contribution in [0, 0.1) is 5.82 Å². The normalized spacial score (nSPS) is 27.7. The van der Waals surface area contributed by atoms with Gasteiger partial charge in [0.2, 0.25) is 0 Å². The third-order valence-electron chi connectivity index (χ3n) is 9.76. The second kappa shape index (κ2) is 9.49. The van der Waals surface area contributed by atoms with Gasteiger partial charge in [-0.15, -0.1) is 0 Å². The lowest BCUT2D eigenvalue weighted by molar-refractivity contribution is 0.107. The molecule has 3 aromatic carbocycles. The van der Waals surface area contributed by atoms with Crippen LogP contribution in [0.3, 0.4) is 0 Å². The number of alkyl halides is 1. The van der Waals surface area contributed by atoms with E-state index in [1.165, 1.54) is 0 Å². The summed E-state index contributed by atoms with van der Waals surface area (Å²) in [5.41, 5.74) is 0.807. The largest absolute Gasteiger partial charge is 0.508 e. The number of halogens is 2. The molecule has 1 aromatic heterocycles. The van der Waals surface area contributed by atoms with Gasteiger partial charge in [0.15, 0.2) is 5.82 Å². The van der Waals surface area contributed by atoms with Crippen LogP contribution in [0.25, 0.3) is 32.8 Å². The van der Waals surface area contributed by atoms with E-state index in [0.29, 0.717) is 35.3 Å². The Bertz CT molecular complexity index is 1650. The highest BCUT2D eigenvalue weighted by molar-refractivity contribution is 6.01. The van der Waals surface area contributed by atoms with Gasteiger partial charge in [-0.05, 0) is 66.8 Å². The van der Waals surface area contributed by atoms with Gasteiger partial charge in [0.1, 0.15) is 29.9 Å². The fraction of sp³-hybridized carbons (Fsp3) is 0.438. The summed E-state index contributed by atoms with van der Waals surface area (Å²) in [5, 5.41) is 16.3. The van der Waals surface area contributed by atoms with Crippen molar-refractivity contribution in [3.8, 4) is 22.9 Å². The topological polar surface area (TPSA) is 73.8 Å². The lowest BCUT2D eigenvalue weighted by Crippen LogP contribution is -2.52. The lowest BCUT2D eigenvalue weighted by atomic mass is 9.95. The number of nitrogens with one attached hydrogen (secondary N) is 1. The van der Waals surface area contributed by atoms with Crippen LogP contribution in [0.4, 0.5) is 14.6 Å². The Balaban J connectivity index is 1.26. The van der Waals surface area contributed by atoms with Crippen LogP contribution >= 0.6 is 0 Å². The number of rotatable bonds is 5. The fourth-order valence-corrected chi connectivity index (χ4v) is 7.88. The molecule has 2 N–H and O–H groups in total. The molecule has 8 rings (SSSR count). The third kappa shape index (κ3) is 4.04. The monoisotopic (exact) mass is 557 g/mol. The van der Waals surface area contributed by atoms with Gasteiger partial charge in [-0.2, -0.15) is 9.97 Å². The maximum atomic E-state index is 16.6. The van der Waals surface area contributed by atoms with Crippen LogP contribution in [0.2, 0.25) is 0 Å². The van der Waals surface area contributed by atoms with Crippen molar-refractivity contribution in [1.29, 1.82) is 0 Å². The van der Waals surface area contributed by atoms with Gasteiger partial charge < -0.3 is 20.1 Å². The summed E-state index contributed by atoms with van der Waals surface area (Å²) >= 11 is 0. The number of piperazine rings is 1. The van der Waals surface area contributed by atoms with Crippen molar-refractivity contribution < 1.29 is 18.6 Å². The van der Waals surface area contributed by atoms with E-state index < -0.39 is 12.0 Å². The Kier molecular flexibility index (Phi) is 5.83. The molecule has 4 aliphatic heterocycles. The Labute approximate surface area is 237 Å². The maximum Gasteiger partial charge on any atom is 0.319 e. The number of fused-ring (bicyclic) bond motifs is 5. The average Bonchev–Trinajstić information content (AvgIpc) is 3.58. The molecule has 4 fully saturated rings. The molecule has 41 heavy (non-hydrogen) atoms. The molecule has 9 heteroatoms. The van der Waals surface area contributed by atoms with Crippen molar-refractivity contribution in [2.45, 2.75) is 55.9 Å². The lowest BCUT2D eigenvalue weighted by Gasteiger charge is -2.37. The first-order valence-electron chi connectivity index (χ1n) is 14.7. The van der Waals surface area contributed by atoms with E-state index in [-0.39, 0.29) is 41.5 Å². The highest BCUT2D eigenvalue weighted by Crippen LogP contribution is 2.43. The molecule has 7 nitrogen and oxygen atoms in total. The fourth-order valence-electron chi connectivity index (χ4n) is 7.88. The van der Waals surface area contributed by atoms with E-state index in [0.717, 1.165) is 56.1 Å². The molecule has 2 bridgehead atoms. The van der Waals surface area contributed by atoms with E-state index in [1.54, 1.807) is 18.2 Å². The summed E-state index contributed by atoms with van der Waals surface area (Å²) < 4.78 is 37.3. The molecule has 212 valence electrons. The number of nitrogens with zero attached hydrogens (tertiary/aromatic N) is 4. The molecule has 0 radical (unpaired) electrons. The smallest absolute Gasteiger partial charge is 0.319 e. The van der Waals surface area contributed by atoms with Gasteiger partial charge in [0, 0.05) is 49.1 Å². The summed E-state index contributed by atoms with van der Waals surface area (Å²) in [6.07, 6.45) is 3.56. The molecule has 0 spiro atoms. The Morgan fingerprint density at radius 1 is 1.02 bits per heavy atom. The standard InChI is InChI=1S/C32H33F2N5O2/c33-20-14-32(10-3-11-38(32)17-20)18-41-31-36-29-26(30(37-31)39-21-6-7-22(39)16-35-15-21)9-8-25(28(29)34)27-13-23(40)12-19-4-1-2-5-24(19)27/h1-2,4-5,8-9,12-13,20-22,35,40H,3,6-7,10-11,14-18H2/t20-,21?,22?,32?/m1/s1.